The van der Waals surface area contributed by atoms with Crippen molar-refractivity contribution in [2.75, 3.05) is 0 Å². The highest BCUT2D eigenvalue weighted by atomic mass is 35.5. The molecule has 0 unspecified atom stereocenters. The molecule has 3 rings (SSSR count). The van der Waals surface area contributed by atoms with Gasteiger partial charge >= 0.3 is 0 Å². The average Bonchev–Trinajstić information content (AvgIpc) is 2.99. The van der Waals surface area contributed by atoms with E-state index in [1.165, 1.54) is 6.20 Å². The zero-order valence-electron chi connectivity index (χ0n) is 11.7. The van der Waals surface area contributed by atoms with Gasteiger partial charge < -0.3 is 4.98 Å². The molecule has 0 spiro atoms. The molecule has 0 aliphatic carbocycles. The van der Waals surface area contributed by atoms with E-state index < -0.39 is 9.84 Å². The second-order valence-electron chi connectivity index (χ2n) is 4.98. The number of aromatic amines is 1. The van der Waals surface area contributed by atoms with Gasteiger partial charge in [0.15, 0.2) is 9.84 Å². The van der Waals surface area contributed by atoms with Gasteiger partial charge in [0.1, 0.15) is 0 Å². The molecule has 0 aliphatic rings. The number of nitrogens with one attached hydrogen (secondary N) is 1. The van der Waals surface area contributed by atoms with Crippen molar-refractivity contribution in [1.29, 1.82) is 0 Å². The van der Waals surface area contributed by atoms with Gasteiger partial charge in [-0.1, -0.05) is 54.1 Å². The number of H-pyrrole nitrogens is 1. The molecule has 0 aliphatic heterocycles. The molecular weight excluding hydrogens is 318 g/mol. The van der Waals surface area contributed by atoms with Gasteiger partial charge in [-0.3, -0.25) is 0 Å². The minimum atomic E-state index is -3.42. The van der Waals surface area contributed by atoms with E-state index in [1.54, 1.807) is 18.3 Å². The van der Waals surface area contributed by atoms with Crippen molar-refractivity contribution in [3.63, 3.8) is 0 Å². The van der Waals surface area contributed by atoms with Crippen LogP contribution in [0, 0.1) is 0 Å². The van der Waals surface area contributed by atoms with Crippen LogP contribution in [0.3, 0.4) is 0 Å². The van der Waals surface area contributed by atoms with E-state index in [0.29, 0.717) is 15.5 Å². The SMILES string of the molecule is O=S(=O)(Cc1ccccc1)c1c[nH]cc1-c1ccc(Cl)cc1. The Morgan fingerprint density at radius 2 is 1.59 bits per heavy atom. The lowest BCUT2D eigenvalue weighted by Crippen LogP contribution is -2.05. The summed E-state index contributed by atoms with van der Waals surface area (Å²) < 4.78 is 25.4. The van der Waals surface area contributed by atoms with Crippen molar-refractivity contribution >= 4 is 21.4 Å². The molecule has 112 valence electrons. The third-order valence-electron chi connectivity index (χ3n) is 3.40. The fourth-order valence-electron chi connectivity index (χ4n) is 2.33. The summed E-state index contributed by atoms with van der Waals surface area (Å²) in [6, 6.07) is 16.3. The zero-order valence-corrected chi connectivity index (χ0v) is 13.2. The third-order valence-corrected chi connectivity index (χ3v) is 5.37. The van der Waals surface area contributed by atoms with Crippen molar-refractivity contribution in [2.24, 2.45) is 0 Å². The summed E-state index contributed by atoms with van der Waals surface area (Å²) in [6.07, 6.45) is 3.23. The summed E-state index contributed by atoms with van der Waals surface area (Å²) in [5, 5.41) is 0.618. The first-order valence-corrected chi connectivity index (χ1v) is 8.79. The monoisotopic (exact) mass is 331 g/mol. The largest absolute Gasteiger partial charge is 0.366 e. The summed E-state index contributed by atoms with van der Waals surface area (Å²) in [7, 11) is -3.42. The Kier molecular flexibility index (Phi) is 4.05. The Bertz CT molecular complexity index is 869. The Morgan fingerprint density at radius 3 is 2.27 bits per heavy atom. The number of sulfone groups is 1. The normalized spacial score (nSPS) is 11.5. The van der Waals surface area contributed by atoms with Gasteiger partial charge in [-0.2, -0.15) is 0 Å². The summed E-state index contributed by atoms with van der Waals surface area (Å²) in [5.74, 6) is -0.0215. The molecule has 0 radical (unpaired) electrons. The van der Waals surface area contributed by atoms with Crippen LogP contribution < -0.4 is 0 Å². The highest BCUT2D eigenvalue weighted by Crippen LogP contribution is 2.30. The van der Waals surface area contributed by atoms with E-state index in [0.717, 1.165) is 11.1 Å². The maximum Gasteiger partial charge on any atom is 0.184 e. The van der Waals surface area contributed by atoms with Crippen LogP contribution in [0.25, 0.3) is 11.1 Å². The van der Waals surface area contributed by atoms with Crippen molar-refractivity contribution < 1.29 is 8.42 Å². The predicted octanol–water partition coefficient (Wildman–Crippen LogP) is 4.31. The Balaban J connectivity index is 1.99. The molecule has 0 atom stereocenters. The van der Waals surface area contributed by atoms with Crippen LogP contribution in [0.1, 0.15) is 5.56 Å². The standard InChI is InChI=1S/C17H14ClNO2S/c18-15-8-6-14(7-9-15)16-10-19-11-17(16)22(20,21)12-13-4-2-1-3-5-13/h1-11,19H,12H2. The minimum absolute atomic E-state index is 0.0215. The fraction of sp³-hybridized carbons (Fsp3) is 0.0588. The topological polar surface area (TPSA) is 49.9 Å². The van der Waals surface area contributed by atoms with Gasteiger partial charge in [-0.05, 0) is 23.3 Å². The molecule has 0 bridgehead atoms. The molecule has 1 aromatic heterocycles. The molecule has 1 N–H and O–H groups in total. The number of hydrogen-bond acceptors (Lipinski definition) is 2. The van der Waals surface area contributed by atoms with Gasteiger partial charge in [0.2, 0.25) is 0 Å². The molecule has 1 heterocycles. The molecule has 0 saturated heterocycles. The van der Waals surface area contributed by atoms with E-state index in [9.17, 15) is 8.42 Å². The highest BCUT2D eigenvalue weighted by Gasteiger charge is 2.21. The number of halogens is 1. The van der Waals surface area contributed by atoms with Gasteiger partial charge in [-0.25, -0.2) is 8.42 Å². The van der Waals surface area contributed by atoms with E-state index >= 15 is 0 Å². The molecule has 22 heavy (non-hydrogen) atoms. The van der Waals surface area contributed by atoms with E-state index in [-0.39, 0.29) is 5.75 Å². The molecule has 3 nitrogen and oxygen atoms in total. The minimum Gasteiger partial charge on any atom is -0.366 e. The van der Waals surface area contributed by atoms with Gasteiger partial charge in [0.05, 0.1) is 10.6 Å². The maximum atomic E-state index is 12.7. The number of aromatic nitrogens is 1. The number of benzene rings is 2. The smallest absolute Gasteiger partial charge is 0.184 e. The third kappa shape index (κ3) is 3.08. The molecule has 0 amide bonds. The van der Waals surface area contributed by atoms with Crippen molar-refractivity contribution in [3.8, 4) is 11.1 Å². The van der Waals surface area contributed by atoms with Crippen LogP contribution in [0.5, 0.6) is 0 Å². The van der Waals surface area contributed by atoms with Crippen LogP contribution in [-0.4, -0.2) is 13.4 Å². The van der Waals surface area contributed by atoms with Crippen molar-refractivity contribution in [3.05, 3.63) is 77.6 Å². The van der Waals surface area contributed by atoms with Crippen LogP contribution >= 0.6 is 11.6 Å². The van der Waals surface area contributed by atoms with Crippen molar-refractivity contribution in [2.45, 2.75) is 10.6 Å². The Labute approximate surface area is 134 Å². The first kappa shape index (κ1) is 14.9. The predicted molar refractivity (Wildman–Crippen MR) is 88.6 cm³/mol. The number of rotatable bonds is 4. The molecule has 0 saturated carbocycles. The average molecular weight is 332 g/mol. The molecule has 3 aromatic rings. The molecule has 2 aromatic carbocycles. The lowest BCUT2D eigenvalue weighted by Gasteiger charge is -2.06. The maximum absolute atomic E-state index is 12.7. The quantitative estimate of drug-likeness (QED) is 0.774. The van der Waals surface area contributed by atoms with E-state index in [1.807, 2.05) is 42.5 Å². The summed E-state index contributed by atoms with van der Waals surface area (Å²) in [4.78, 5) is 3.20. The van der Waals surface area contributed by atoms with Gasteiger partial charge in [-0.15, -0.1) is 0 Å². The second kappa shape index (κ2) is 5.99. The lowest BCUT2D eigenvalue weighted by atomic mass is 10.1. The fourth-order valence-corrected chi connectivity index (χ4v) is 4.01. The summed E-state index contributed by atoms with van der Waals surface area (Å²) >= 11 is 5.88. The van der Waals surface area contributed by atoms with Crippen molar-refractivity contribution in [1.82, 2.24) is 4.98 Å². The molecule has 5 heteroatoms. The van der Waals surface area contributed by atoms with Gasteiger partial charge in [0.25, 0.3) is 0 Å². The molecule has 0 fully saturated rings. The zero-order chi connectivity index (χ0) is 15.6. The molecular formula is C17H14ClNO2S. The lowest BCUT2D eigenvalue weighted by molar-refractivity contribution is 0.595. The number of hydrogen-bond donors (Lipinski definition) is 1. The van der Waals surface area contributed by atoms with Crippen LogP contribution in [0.4, 0.5) is 0 Å². The summed E-state index contributed by atoms with van der Waals surface area (Å²) in [6.45, 7) is 0. The summed E-state index contributed by atoms with van der Waals surface area (Å²) in [5.41, 5.74) is 2.25. The van der Waals surface area contributed by atoms with Crippen LogP contribution in [-0.2, 0) is 15.6 Å². The van der Waals surface area contributed by atoms with E-state index in [2.05, 4.69) is 4.98 Å². The van der Waals surface area contributed by atoms with Gasteiger partial charge in [0, 0.05) is 23.0 Å². The van der Waals surface area contributed by atoms with Crippen LogP contribution in [0.2, 0.25) is 5.02 Å². The Hall–Kier alpha value is -2.04. The highest BCUT2D eigenvalue weighted by molar-refractivity contribution is 7.90. The first-order chi connectivity index (χ1) is 10.6. The van der Waals surface area contributed by atoms with E-state index in [4.69, 9.17) is 11.6 Å². The van der Waals surface area contributed by atoms with Crippen LogP contribution in [0.15, 0.2) is 71.9 Å². The second-order valence-corrected chi connectivity index (χ2v) is 7.38. The Morgan fingerprint density at radius 1 is 0.909 bits per heavy atom. The first-order valence-electron chi connectivity index (χ1n) is 6.76.